The van der Waals surface area contributed by atoms with Crippen LogP contribution in [0.5, 0.6) is 11.5 Å². The van der Waals surface area contributed by atoms with E-state index in [0.29, 0.717) is 79.4 Å². The summed E-state index contributed by atoms with van der Waals surface area (Å²) in [4.78, 5) is 102. The fourth-order valence-electron chi connectivity index (χ4n) is 9.36. The highest BCUT2D eigenvalue weighted by Gasteiger charge is 2.36. The Kier molecular flexibility index (Phi) is 11.2. The molecule has 4 aromatic carbocycles. The van der Waals surface area contributed by atoms with E-state index >= 15 is 0 Å². The molecule has 0 bridgehead atoms. The Morgan fingerprint density at radius 2 is 1.13 bits per heavy atom. The first-order chi connectivity index (χ1) is 34.6. The maximum absolute atomic E-state index is 14.6. The van der Waals surface area contributed by atoms with Crippen molar-refractivity contribution in [1.29, 1.82) is 0 Å². The van der Waals surface area contributed by atoms with Gasteiger partial charge in [-0.3, -0.25) is 47.7 Å². The number of aromatic nitrogens is 9. The summed E-state index contributed by atoms with van der Waals surface area (Å²) in [6, 6.07) is 29.4. The first-order valence-electron chi connectivity index (χ1n) is 22.8. The molecule has 4 amide bonds. The molecule has 2 aliphatic rings. The predicted molar refractivity (Wildman–Crippen MR) is 258 cm³/mol. The molecule has 19 nitrogen and oxygen atoms in total. The predicted octanol–water partition coefficient (Wildman–Crippen LogP) is 4.95. The van der Waals surface area contributed by atoms with Crippen LogP contribution in [0.15, 0.2) is 125 Å². The molecule has 0 radical (unpaired) electrons. The van der Waals surface area contributed by atoms with E-state index in [2.05, 4.69) is 20.3 Å². The molecule has 0 aliphatic carbocycles. The van der Waals surface area contributed by atoms with Gasteiger partial charge in [-0.2, -0.15) is 0 Å². The molecule has 2 aliphatic heterocycles. The van der Waals surface area contributed by atoms with Crippen LogP contribution in [-0.2, 0) is 38.9 Å². The van der Waals surface area contributed by atoms with Crippen molar-refractivity contribution in [3.63, 3.8) is 0 Å². The van der Waals surface area contributed by atoms with E-state index in [1.807, 2.05) is 30.3 Å². The van der Waals surface area contributed by atoms with Crippen LogP contribution in [0.4, 0.5) is 0 Å². The molecule has 0 atom stereocenters. The number of nitrogens with zero attached hydrogens (tertiary/aromatic N) is 11. The van der Waals surface area contributed by atoms with Gasteiger partial charge < -0.3 is 9.47 Å². The van der Waals surface area contributed by atoms with Crippen molar-refractivity contribution in [1.82, 2.24) is 53.9 Å². The molecule has 9 aromatic rings. The standard InChI is InChI=1S/C52H41N11O8/c1-70-33-15-13-30(42(28-33)71-2)17-21-59-43(18-22-61-47(64)34-8-3-4-9-35(34)48(61)65)56-46-39(52(59)69)26-32(29-54-46)31-14-16-41-40(27-31)57-58-63(41)25-24-60-44(55-45-38(51(60)68)12-7-20-53-45)19-23-62-49(66)36-10-5-6-11-37(36)50(62)67/h3-16,20,26-29H,17-19,21-25H2,1-2H3. The van der Waals surface area contributed by atoms with E-state index in [4.69, 9.17) is 19.4 Å². The summed E-state index contributed by atoms with van der Waals surface area (Å²) in [5.41, 5.74) is 4.54. The summed E-state index contributed by atoms with van der Waals surface area (Å²) in [5, 5.41) is 9.46. The molecule has 0 spiro atoms. The highest BCUT2D eigenvalue weighted by Crippen LogP contribution is 2.29. The van der Waals surface area contributed by atoms with Gasteiger partial charge in [0.25, 0.3) is 34.7 Å². The van der Waals surface area contributed by atoms with Crippen LogP contribution in [-0.4, -0.2) is 105 Å². The number of carbonyl (C=O) groups excluding carboxylic acids is 4. The van der Waals surface area contributed by atoms with Crippen molar-refractivity contribution < 1.29 is 28.7 Å². The van der Waals surface area contributed by atoms with E-state index in [1.54, 1.807) is 109 Å². The number of ether oxygens (including phenoxy) is 2. The van der Waals surface area contributed by atoms with Crippen molar-refractivity contribution in [2.45, 2.75) is 38.9 Å². The van der Waals surface area contributed by atoms with Gasteiger partial charge in [0.15, 0.2) is 11.3 Å². The van der Waals surface area contributed by atoms with Crippen molar-refractivity contribution in [3.05, 3.63) is 176 Å². The van der Waals surface area contributed by atoms with Crippen LogP contribution in [0, 0.1) is 0 Å². The van der Waals surface area contributed by atoms with Gasteiger partial charge >= 0.3 is 0 Å². The minimum atomic E-state index is -0.401. The van der Waals surface area contributed by atoms with Crippen LogP contribution in [0.1, 0.15) is 58.6 Å². The number of methoxy groups -OCH3 is 2. The first-order valence-corrected chi connectivity index (χ1v) is 22.8. The minimum absolute atomic E-state index is 0.00216. The molecule has 71 heavy (non-hydrogen) atoms. The van der Waals surface area contributed by atoms with Gasteiger partial charge in [0.1, 0.15) is 28.7 Å². The van der Waals surface area contributed by atoms with E-state index in [9.17, 15) is 28.8 Å². The first kappa shape index (κ1) is 44.3. The van der Waals surface area contributed by atoms with Crippen molar-refractivity contribution in [2.75, 3.05) is 27.3 Å². The average molecular weight is 948 g/mol. The zero-order chi connectivity index (χ0) is 48.9. The Morgan fingerprint density at radius 3 is 1.75 bits per heavy atom. The lowest BCUT2D eigenvalue weighted by Gasteiger charge is -2.18. The number of imide groups is 2. The molecular weight excluding hydrogens is 907 g/mol. The van der Waals surface area contributed by atoms with Gasteiger partial charge in [-0.1, -0.05) is 41.6 Å². The largest absolute Gasteiger partial charge is 0.497 e. The Bertz CT molecular complexity index is 3760. The smallest absolute Gasteiger partial charge is 0.263 e. The molecule has 0 unspecified atom stereocenters. The summed E-state index contributed by atoms with van der Waals surface area (Å²) < 4.78 is 15.8. The quantitative estimate of drug-likeness (QED) is 0.124. The lowest BCUT2D eigenvalue weighted by molar-refractivity contribution is 0.0639. The Hall–Kier alpha value is -9.26. The fourth-order valence-corrected chi connectivity index (χ4v) is 9.36. The van der Waals surface area contributed by atoms with Crippen LogP contribution in [0.25, 0.3) is 44.2 Å². The zero-order valence-electron chi connectivity index (χ0n) is 38.3. The SMILES string of the molecule is COc1ccc(CCn2c(CCN3C(=O)c4ccccc4C3=O)nc3ncc(-c4ccc5c(c4)nnn5CCn4c(CCN5C(=O)c6ccccc6C5=O)nc5ncccc5c4=O)cc3c2=O)c(OC)c1. The molecule has 5 aromatic heterocycles. The second-order valence-corrected chi connectivity index (χ2v) is 17.0. The summed E-state index contributed by atoms with van der Waals surface area (Å²) in [6.07, 6.45) is 3.78. The number of carbonyl (C=O) groups is 4. The van der Waals surface area contributed by atoms with E-state index in [1.165, 1.54) is 14.4 Å². The number of hydrogen-bond donors (Lipinski definition) is 0. The van der Waals surface area contributed by atoms with Gasteiger partial charge in [-0.15, -0.1) is 5.10 Å². The van der Waals surface area contributed by atoms with Crippen molar-refractivity contribution >= 4 is 56.7 Å². The molecule has 7 heterocycles. The van der Waals surface area contributed by atoms with Gasteiger partial charge in [0.05, 0.1) is 59.3 Å². The van der Waals surface area contributed by atoms with Crippen molar-refractivity contribution in [2.24, 2.45) is 0 Å². The number of pyridine rings is 2. The highest BCUT2D eigenvalue weighted by molar-refractivity contribution is 6.22. The van der Waals surface area contributed by atoms with Crippen LogP contribution >= 0.6 is 0 Å². The second-order valence-electron chi connectivity index (χ2n) is 17.0. The summed E-state index contributed by atoms with van der Waals surface area (Å²) in [6.45, 7) is 0.589. The number of aryl methyl sites for hydroxylation is 2. The Morgan fingerprint density at radius 1 is 0.521 bits per heavy atom. The second kappa shape index (κ2) is 18.0. The summed E-state index contributed by atoms with van der Waals surface area (Å²) >= 11 is 0. The van der Waals surface area contributed by atoms with Crippen molar-refractivity contribution in [3.8, 4) is 22.6 Å². The number of fused-ring (bicyclic) bond motifs is 5. The molecule has 0 N–H and O–H groups in total. The van der Waals surface area contributed by atoms with E-state index < -0.39 is 23.6 Å². The fraction of sp³-hybridized carbons (Fsp3) is 0.192. The highest BCUT2D eigenvalue weighted by atomic mass is 16.5. The Balaban J connectivity index is 0.868. The van der Waals surface area contributed by atoms with Crippen LogP contribution in [0.3, 0.4) is 0 Å². The molecule has 0 saturated heterocycles. The number of rotatable bonds is 15. The third-order valence-electron chi connectivity index (χ3n) is 13.1. The topological polar surface area (TPSA) is 219 Å². The number of amides is 4. The normalized spacial score (nSPS) is 13.3. The van der Waals surface area contributed by atoms with Gasteiger partial charge in [-0.25, -0.2) is 24.6 Å². The summed E-state index contributed by atoms with van der Waals surface area (Å²) in [5.74, 6) is 0.335. The van der Waals surface area contributed by atoms with Gasteiger partial charge in [0, 0.05) is 63.0 Å². The number of benzene rings is 4. The molecule has 0 fully saturated rings. The maximum atomic E-state index is 14.6. The molecule has 19 heteroatoms. The average Bonchev–Trinajstić information content (AvgIpc) is 4.01. The van der Waals surface area contributed by atoms with E-state index in [-0.39, 0.29) is 73.4 Å². The van der Waals surface area contributed by atoms with Gasteiger partial charge in [-0.05, 0) is 78.2 Å². The minimum Gasteiger partial charge on any atom is -0.497 e. The third kappa shape index (κ3) is 7.82. The van der Waals surface area contributed by atoms with Gasteiger partial charge in [0.2, 0.25) is 0 Å². The van der Waals surface area contributed by atoms with E-state index in [0.717, 1.165) is 5.56 Å². The zero-order valence-corrected chi connectivity index (χ0v) is 38.3. The maximum Gasteiger partial charge on any atom is 0.263 e. The van der Waals surface area contributed by atoms with Crippen LogP contribution < -0.4 is 20.6 Å². The molecule has 11 rings (SSSR count). The lowest BCUT2D eigenvalue weighted by Crippen LogP contribution is -2.34. The Labute approximate surface area is 402 Å². The number of hydrogen-bond acceptors (Lipinski definition) is 14. The van der Waals surface area contributed by atoms with Crippen LogP contribution in [0.2, 0.25) is 0 Å². The summed E-state index contributed by atoms with van der Waals surface area (Å²) in [7, 11) is 3.13. The monoisotopic (exact) mass is 947 g/mol. The molecule has 0 saturated carbocycles. The third-order valence-corrected chi connectivity index (χ3v) is 13.1. The molecule has 352 valence electrons. The molecular formula is C52H41N11O8. The lowest BCUT2D eigenvalue weighted by atomic mass is 10.1.